The largest absolute Gasteiger partial charge is 0.456 e. The molecule has 0 amide bonds. The molecule has 0 saturated carbocycles. The Morgan fingerprint density at radius 2 is 0.645 bits per heavy atom. The Bertz CT molecular complexity index is 3570. The first kappa shape index (κ1) is 35.5. The van der Waals surface area contributed by atoms with Crippen LogP contribution in [-0.2, 0) is 0 Å². The number of fused-ring (bicyclic) bond motifs is 6. The van der Waals surface area contributed by atoms with Gasteiger partial charge in [-0.15, -0.1) is 0 Å². The highest BCUT2D eigenvalue weighted by Gasteiger charge is 2.19. The first-order valence-corrected chi connectivity index (χ1v) is 20.8. The summed E-state index contributed by atoms with van der Waals surface area (Å²) in [5.41, 5.74) is 15.2. The van der Waals surface area contributed by atoms with E-state index in [1.54, 1.807) is 0 Å². The number of nitrogens with zero attached hydrogens (tertiary/aromatic N) is 3. The van der Waals surface area contributed by atoms with E-state index in [2.05, 4.69) is 140 Å². The minimum atomic E-state index is 0.630. The predicted octanol–water partition coefficient (Wildman–Crippen LogP) is 15.3. The molecule has 5 heteroatoms. The molecule has 5 nitrogen and oxygen atoms in total. The minimum Gasteiger partial charge on any atom is -0.456 e. The van der Waals surface area contributed by atoms with Gasteiger partial charge in [-0.25, -0.2) is 15.0 Å². The lowest BCUT2D eigenvalue weighted by Gasteiger charge is -2.12. The molecule has 3 heterocycles. The maximum atomic E-state index is 6.63. The van der Waals surface area contributed by atoms with Crippen LogP contribution in [0.1, 0.15) is 0 Å². The van der Waals surface area contributed by atoms with Crippen LogP contribution in [-0.4, -0.2) is 15.0 Å². The van der Waals surface area contributed by atoms with Crippen LogP contribution >= 0.6 is 0 Å². The standard InChI is InChI=1S/C57H35N3O2/c1-3-14-38(15-4-1)55-58-56(39-16-5-2-6-17-39)60-57(59-55)42-19-11-18-40(34-42)36-28-30-37(31-29-36)41-32-33-48-52(35-41)62-51-27-13-24-46(54(48)51)44-21-8-7-20-43(44)45-23-12-26-50-53(45)47-22-9-10-25-49(47)61-50/h1-35H. The Labute approximate surface area is 357 Å². The predicted molar refractivity (Wildman–Crippen MR) is 252 cm³/mol. The van der Waals surface area contributed by atoms with Crippen molar-refractivity contribution in [2.75, 3.05) is 0 Å². The molecule has 0 aliphatic heterocycles. The second-order valence-electron chi connectivity index (χ2n) is 15.5. The third kappa shape index (κ3) is 6.14. The molecule has 12 rings (SSSR count). The summed E-state index contributed by atoms with van der Waals surface area (Å²) in [6.45, 7) is 0. The summed E-state index contributed by atoms with van der Waals surface area (Å²) in [5, 5.41) is 4.43. The highest BCUT2D eigenvalue weighted by Crippen LogP contribution is 2.44. The molecule has 0 bridgehead atoms. The van der Waals surface area contributed by atoms with E-state index in [1.807, 2.05) is 72.8 Å². The zero-order chi connectivity index (χ0) is 41.0. The van der Waals surface area contributed by atoms with Gasteiger partial charge >= 0.3 is 0 Å². The van der Waals surface area contributed by atoms with Crippen molar-refractivity contribution in [1.29, 1.82) is 0 Å². The van der Waals surface area contributed by atoms with Crippen LogP contribution in [0.5, 0.6) is 0 Å². The molecule has 0 N–H and O–H groups in total. The van der Waals surface area contributed by atoms with Gasteiger partial charge in [0.15, 0.2) is 17.5 Å². The summed E-state index contributed by atoms with van der Waals surface area (Å²) in [4.78, 5) is 14.8. The fourth-order valence-corrected chi connectivity index (χ4v) is 8.81. The molecule has 290 valence electrons. The van der Waals surface area contributed by atoms with Crippen LogP contribution in [0, 0.1) is 0 Å². The summed E-state index contributed by atoms with van der Waals surface area (Å²) < 4.78 is 12.9. The summed E-state index contributed by atoms with van der Waals surface area (Å²) in [6.07, 6.45) is 0. The number of para-hydroxylation sites is 1. The number of furan rings is 2. The third-order valence-corrected chi connectivity index (χ3v) is 11.8. The zero-order valence-corrected chi connectivity index (χ0v) is 33.4. The second-order valence-corrected chi connectivity index (χ2v) is 15.5. The van der Waals surface area contributed by atoms with Gasteiger partial charge in [0.1, 0.15) is 22.3 Å². The second kappa shape index (κ2) is 14.7. The Morgan fingerprint density at radius 3 is 1.26 bits per heavy atom. The van der Waals surface area contributed by atoms with Crippen molar-refractivity contribution in [3.63, 3.8) is 0 Å². The average Bonchev–Trinajstić information content (AvgIpc) is 3.93. The normalized spacial score (nSPS) is 11.5. The van der Waals surface area contributed by atoms with Crippen LogP contribution in [0.3, 0.4) is 0 Å². The average molecular weight is 794 g/mol. The lowest BCUT2D eigenvalue weighted by Crippen LogP contribution is -2.00. The molecule has 0 aliphatic carbocycles. The molecule has 0 fully saturated rings. The first-order valence-electron chi connectivity index (χ1n) is 20.8. The van der Waals surface area contributed by atoms with Crippen molar-refractivity contribution in [3.05, 3.63) is 212 Å². The van der Waals surface area contributed by atoms with Crippen molar-refractivity contribution in [1.82, 2.24) is 15.0 Å². The van der Waals surface area contributed by atoms with Crippen LogP contribution in [0.25, 0.3) is 123 Å². The molecular weight excluding hydrogens is 759 g/mol. The molecular formula is C57H35N3O2. The Kier molecular flexibility index (Phi) is 8.42. The van der Waals surface area contributed by atoms with E-state index in [4.69, 9.17) is 23.8 Å². The molecule has 0 unspecified atom stereocenters. The number of hydrogen-bond acceptors (Lipinski definition) is 5. The third-order valence-electron chi connectivity index (χ3n) is 11.8. The molecule has 0 atom stereocenters. The highest BCUT2D eigenvalue weighted by atomic mass is 16.3. The van der Waals surface area contributed by atoms with E-state index in [0.717, 1.165) is 105 Å². The fraction of sp³-hybridized carbons (Fsp3) is 0. The number of aromatic nitrogens is 3. The van der Waals surface area contributed by atoms with E-state index >= 15 is 0 Å². The van der Waals surface area contributed by atoms with E-state index in [-0.39, 0.29) is 0 Å². The van der Waals surface area contributed by atoms with Gasteiger partial charge in [0.05, 0.1) is 0 Å². The van der Waals surface area contributed by atoms with Gasteiger partial charge in [-0.05, 0) is 80.9 Å². The maximum absolute atomic E-state index is 6.63. The molecule has 0 radical (unpaired) electrons. The van der Waals surface area contributed by atoms with Gasteiger partial charge in [-0.2, -0.15) is 0 Å². The van der Waals surface area contributed by atoms with Crippen LogP contribution in [0.15, 0.2) is 221 Å². The van der Waals surface area contributed by atoms with Gasteiger partial charge < -0.3 is 8.83 Å². The topological polar surface area (TPSA) is 65.0 Å². The van der Waals surface area contributed by atoms with Gasteiger partial charge in [-0.1, -0.05) is 176 Å². The Hall–Kier alpha value is -8.41. The van der Waals surface area contributed by atoms with E-state index in [9.17, 15) is 0 Å². The fourth-order valence-electron chi connectivity index (χ4n) is 8.81. The van der Waals surface area contributed by atoms with Crippen molar-refractivity contribution >= 4 is 43.9 Å². The van der Waals surface area contributed by atoms with E-state index < -0.39 is 0 Å². The SMILES string of the molecule is c1ccc(-c2nc(-c3ccccc3)nc(-c3cccc(-c4ccc(-c5ccc6c(c5)oc5cccc(-c7ccccc7-c7cccc8oc9ccccc9c78)c56)cc4)c3)n2)cc1. The number of hydrogen-bond donors (Lipinski definition) is 0. The molecule has 0 aliphatic rings. The van der Waals surface area contributed by atoms with Crippen LogP contribution < -0.4 is 0 Å². The van der Waals surface area contributed by atoms with Crippen molar-refractivity contribution < 1.29 is 8.83 Å². The Balaban J connectivity index is 0.886. The summed E-state index contributed by atoms with van der Waals surface area (Å²) in [6, 6.07) is 73.4. The van der Waals surface area contributed by atoms with E-state index in [1.165, 1.54) is 0 Å². The number of rotatable bonds is 7. The van der Waals surface area contributed by atoms with Gasteiger partial charge in [0, 0.05) is 38.2 Å². The van der Waals surface area contributed by atoms with Crippen molar-refractivity contribution in [2.24, 2.45) is 0 Å². The molecule has 0 spiro atoms. The maximum Gasteiger partial charge on any atom is 0.164 e. The summed E-state index contributed by atoms with van der Waals surface area (Å²) in [5.74, 6) is 1.92. The summed E-state index contributed by atoms with van der Waals surface area (Å²) >= 11 is 0. The lowest BCUT2D eigenvalue weighted by molar-refractivity contribution is 0.668. The lowest BCUT2D eigenvalue weighted by atomic mass is 9.90. The molecule has 0 saturated heterocycles. The monoisotopic (exact) mass is 793 g/mol. The van der Waals surface area contributed by atoms with Crippen molar-refractivity contribution in [3.8, 4) is 78.7 Å². The van der Waals surface area contributed by atoms with Gasteiger partial charge in [-0.3, -0.25) is 0 Å². The van der Waals surface area contributed by atoms with Gasteiger partial charge in [0.25, 0.3) is 0 Å². The van der Waals surface area contributed by atoms with Gasteiger partial charge in [0.2, 0.25) is 0 Å². The quantitative estimate of drug-likeness (QED) is 0.161. The Morgan fingerprint density at radius 1 is 0.242 bits per heavy atom. The summed E-state index contributed by atoms with van der Waals surface area (Å²) in [7, 11) is 0. The number of benzene rings is 9. The van der Waals surface area contributed by atoms with Crippen LogP contribution in [0.4, 0.5) is 0 Å². The zero-order valence-electron chi connectivity index (χ0n) is 33.4. The first-order chi connectivity index (χ1) is 30.7. The highest BCUT2D eigenvalue weighted by molar-refractivity contribution is 6.17. The molecule has 62 heavy (non-hydrogen) atoms. The smallest absolute Gasteiger partial charge is 0.164 e. The van der Waals surface area contributed by atoms with E-state index in [0.29, 0.717) is 17.5 Å². The minimum absolute atomic E-state index is 0.630. The van der Waals surface area contributed by atoms with Crippen LogP contribution in [0.2, 0.25) is 0 Å². The molecule has 12 aromatic rings. The molecule has 9 aromatic carbocycles. The molecule has 3 aromatic heterocycles. The van der Waals surface area contributed by atoms with Crippen molar-refractivity contribution in [2.45, 2.75) is 0 Å².